The SMILES string of the molecule is O=COCCC1=NNCC1. The summed E-state index contributed by atoms with van der Waals surface area (Å²) in [6.07, 6.45) is 1.73. The lowest BCUT2D eigenvalue weighted by Gasteiger charge is -1.95. The topological polar surface area (TPSA) is 50.7 Å². The Hall–Kier alpha value is -1.06. The average molecular weight is 142 g/mol. The largest absolute Gasteiger partial charge is 0.467 e. The zero-order chi connectivity index (χ0) is 7.23. The molecule has 0 unspecified atom stereocenters. The van der Waals surface area contributed by atoms with Crippen molar-refractivity contribution in [3.8, 4) is 0 Å². The van der Waals surface area contributed by atoms with Gasteiger partial charge in [0, 0.05) is 25.1 Å². The van der Waals surface area contributed by atoms with Crippen molar-refractivity contribution in [1.82, 2.24) is 5.43 Å². The van der Waals surface area contributed by atoms with Crippen LogP contribution in [0, 0.1) is 0 Å². The summed E-state index contributed by atoms with van der Waals surface area (Å²) in [5, 5.41) is 3.98. The maximum Gasteiger partial charge on any atom is 0.293 e. The molecule has 0 fully saturated rings. The fourth-order valence-corrected chi connectivity index (χ4v) is 0.830. The average Bonchev–Trinajstić information content (AvgIpc) is 2.41. The molecule has 0 aliphatic carbocycles. The molecule has 10 heavy (non-hydrogen) atoms. The standard InChI is InChI=1S/C6H10N2O2/c9-5-10-4-2-6-1-3-7-8-6/h5,7H,1-4H2. The molecular formula is C6H10N2O2. The van der Waals surface area contributed by atoms with E-state index in [0.29, 0.717) is 13.1 Å². The van der Waals surface area contributed by atoms with Gasteiger partial charge in [0.1, 0.15) is 0 Å². The normalized spacial score (nSPS) is 15.8. The van der Waals surface area contributed by atoms with Crippen molar-refractivity contribution in [2.24, 2.45) is 5.10 Å². The maximum atomic E-state index is 9.70. The van der Waals surface area contributed by atoms with Gasteiger partial charge in [0.05, 0.1) is 6.61 Å². The smallest absolute Gasteiger partial charge is 0.293 e. The Bertz CT molecular complexity index is 145. The molecule has 1 heterocycles. The van der Waals surface area contributed by atoms with Crippen LogP contribution >= 0.6 is 0 Å². The Balaban J connectivity index is 2.06. The van der Waals surface area contributed by atoms with E-state index in [1.165, 1.54) is 0 Å². The number of hydrogen-bond acceptors (Lipinski definition) is 4. The van der Waals surface area contributed by atoms with Crippen LogP contribution in [-0.2, 0) is 9.53 Å². The van der Waals surface area contributed by atoms with Crippen LogP contribution in [0.2, 0.25) is 0 Å². The molecule has 0 atom stereocenters. The first-order valence-electron chi connectivity index (χ1n) is 3.27. The lowest BCUT2D eigenvalue weighted by atomic mass is 10.2. The molecular weight excluding hydrogens is 132 g/mol. The number of rotatable bonds is 4. The second-order valence-corrected chi connectivity index (χ2v) is 2.05. The van der Waals surface area contributed by atoms with Gasteiger partial charge in [-0.05, 0) is 0 Å². The van der Waals surface area contributed by atoms with Crippen LogP contribution in [0.4, 0.5) is 0 Å². The van der Waals surface area contributed by atoms with Crippen LogP contribution in [0.1, 0.15) is 12.8 Å². The minimum atomic E-state index is 0.448. The van der Waals surface area contributed by atoms with E-state index in [2.05, 4.69) is 15.3 Å². The second kappa shape index (κ2) is 3.87. The molecule has 1 rings (SSSR count). The van der Waals surface area contributed by atoms with Crippen molar-refractivity contribution in [2.45, 2.75) is 12.8 Å². The summed E-state index contributed by atoms with van der Waals surface area (Å²) < 4.78 is 4.51. The molecule has 0 aromatic rings. The van der Waals surface area contributed by atoms with Crippen LogP contribution < -0.4 is 5.43 Å². The molecule has 0 amide bonds. The third-order valence-electron chi connectivity index (χ3n) is 1.34. The Kier molecular flexibility index (Phi) is 2.73. The maximum absolute atomic E-state index is 9.70. The van der Waals surface area contributed by atoms with Crippen molar-refractivity contribution >= 4 is 12.2 Å². The van der Waals surface area contributed by atoms with E-state index in [4.69, 9.17) is 0 Å². The molecule has 0 saturated heterocycles. The summed E-state index contributed by atoms with van der Waals surface area (Å²) in [4.78, 5) is 9.70. The van der Waals surface area contributed by atoms with Crippen LogP contribution in [0.25, 0.3) is 0 Å². The molecule has 4 heteroatoms. The second-order valence-electron chi connectivity index (χ2n) is 2.05. The summed E-state index contributed by atoms with van der Waals surface area (Å²) in [5.74, 6) is 0. The van der Waals surface area contributed by atoms with E-state index in [9.17, 15) is 4.79 Å². The number of carbonyl (C=O) groups is 1. The third kappa shape index (κ3) is 2.05. The molecule has 1 aliphatic heterocycles. The molecule has 56 valence electrons. The van der Waals surface area contributed by atoms with Crippen molar-refractivity contribution in [1.29, 1.82) is 0 Å². The first kappa shape index (κ1) is 7.05. The number of ether oxygens (including phenoxy) is 1. The fourth-order valence-electron chi connectivity index (χ4n) is 0.830. The minimum Gasteiger partial charge on any atom is -0.467 e. The Morgan fingerprint density at radius 1 is 1.80 bits per heavy atom. The number of hydrogen-bond donors (Lipinski definition) is 1. The number of hydrazone groups is 1. The predicted octanol–water partition coefficient (Wildman–Crippen LogP) is -0.101. The molecule has 0 aromatic carbocycles. The molecule has 0 aromatic heterocycles. The predicted molar refractivity (Wildman–Crippen MR) is 36.7 cm³/mol. The van der Waals surface area contributed by atoms with Crippen molar-refractivity contribution in [2.75, 3.05) is 13.2 Å². The highest BCUT2D eigenvalue weighted by Crippen LogP contribution is 1.97. The van der Waals surface area contributed by atoms with Gasteiger partial charge in [0.25, 0.3) is 6.47 Å². The van der Waals surface area contributed by atoms with Crippen LogP contribution in [0.5, 0.6) is 0 Å². The number of nitrogens with one attached hydrogen (secondary N) is 1. The highest BCUT2D eigenvalue weighted by molar-refractivity contribution is 5.85. The molecule has 4 nitrogen and oxygen atoms in total. The zero-order valence-electron chi connectivity index (χ0n) is 5.67. The highest BCUT2D eigenvalue weighted by atomic mass is 16.5. The van der Waals surface area contributed by atoms with Gasteiger partial charge in [-0.2, -0.15) is 5.10 Å². The van der Waals surface area contributed by atoms with Crippen molar-refractivity contribution in [3.63, 3.8) is 0 Å². The van der Waals surface area contributed by atoms with Gasteiger partial charge in [-0.1, -0.05) is 0 Å². The van der Waals surface area contributed by atoms with Gasteiger partial charge in [-0.15, -0.1) is 0 Å². The van der Waals surface area contributed by atoms with E-state index in [1.54, 1.807) is 0 Å². The summed E-state index contributed by atoms with van der Waals surface area (Å²) >= 11 is 0. The van der Waals surface area contributed by atoms with Crippen molar-refractivity contribution < 1.29 is 9.53 Å². The fraction of sp³-hybridized carbons (Fsp3) is 0.667. The van der Waals surface area contributed by atoms with E-state index < -0.39 is 0 Å². The molecule has 1 aliphatic rings. The number of nitrogens with zero attached hydrogens (tertiary/aromatic N) is 1. The van der Waals surface area contributed by atoms with E-state index in [1.807, 2.05) is 0 Å². The monoisotopic (exact) mass is 142 g/mol. The third-order valence-corrected chi connectivity index (χ3v) is 1.34. The first-order chi connectivity index (χ1) is 4.93. The van der Waals surface area contributed by atoms with Gasteiger partial charge in [0.2, 0.25) is 0 Å². The Labute approximate surface area is 59.2 Å². The Morgan fingerprint density at radius 2 is 2.70 bits per heavy atom. The zero-order valence-corrected chi connectivity index (χ0v) is 5.67. The van der Waals surface area contributed by atoms with Gasteiger partial charge in [-0.25, -0.2) is 0 Å². The molecule has 1 N–H and O–H groups in total. The van der Waals surface area contributed by atoms with E-state index in [-0.39, 0.29) is 0 Å². The van der Waals surface area contributed by atoms with Crippen LogP contribution in [-0.4, -0.2) is 25.3 Å². The van der Waals surface area contributed by atoms with Crippen LogP contribution in [0.3, 0.4) is 0 Å². The summed E-state index contributed by atoms with van der Waals surface area (Å²) in [7, 11) is 0. The van der Waals surface area contributed by atoms with E-state index in [0.717, 1.165) is 25.1 Å². The van der Waals surface area contributed by atoms with Crippen LogP contribution in [0.15, 0.2) is 5.10 Å². The summed E-state index contributed by atoms with van der Waals surface area (Å²) in [5.41, 5.74) is 3.93. The van der Waals surface area contributed by atoms with Gasteiger partial charge >= 0.3 is 0 Å². The summed E-state index contributed by atoms with van der Waals surface area (Å²) in [6.45, 7) is 1.82. The summed E-state index contributed by atoms with van der Waals surface area (Å²) in [6, 6.07) is 0. The lowest BCUT2D eigenvalue weighted by molar-refractivity contribution is -0.128. The molecule has 0 spiro atoms. The first-order valence-corrected chi connectivity index (χ1v) is 3.27. The van der Waals surface area contributed by atoms with Crippen molar-refractivity contribution in [3.05, 3.63) is 0 Å². The quantitative estimate of drug-likeness (QED) is 0.440. The van der Waals surface area contributed by atoms with Gasteiger partial charge < -0.3 is 10.2 Å². The minimum absolute atomic E-state index is 0.448. The lowest BCUT2D eigenvalue weighted by Crippen LogP contribution is -2.01. The Morgan fingerprint density at radius 3 is 3.30 bits per heavy atom. The van der Waals surface area contributed by atoms with E-state index >= 15 is 0 Å². The highest BCUT2D eigenvalue weighted by Gasteiger charge is 2.04. The molecule has 0 saturated carbocycles. The molecule has 0 radical (unpaired) electrons. The van der Waals surface area contributed by atoms with Gasteiger partial charge in [0.15, 0.2) is 0 Å². The number of carbonyl (C=O) groups excluding carboxylic acids is 1. The van der Waals surface area contributed by atoms with Gasteiger partial charge in [-0.3, -0.25) is 4.79 Å². The molecule has 0 bridgehead atoms.